The van der Waals surface area contributed by atoms with Gasteiger partial charge in [-0.15, -0.1) is 11.3 Å². The molecular weight excluding hydrogens is 817 g/mol. The SMILES string of the molecule is COc1cc(-c2cn(C)c(=O)c3cc(C)sc23)cc(OC)c1CN1CCC1.O=CNC1CCN(C(=O)CCCCOc2cccc3c2C(=O)N(C2CCC(=O)NC2=O)C3=O)CC1. The summed E-state index contributed by atoms with van der Waals surface area (Å²) in [6, 6.07) is 9.91. The van der Waals surface area contributed by atoms with E-state index in [1.807, 2.05) is 24.1 Å². The van der Waals surface area contributed by atoms with E-state index in [-0.39, 0.29) is 53.8 Å². The summed E-state index contributed by atoms with van der Waals surface area (Å²) in [5.41, 5.74) is 3.42. The zero-order chi connectivity index (χ0) is 44.1. The van der Waals surface area contributed by atoms with Crippen molar-refractivity contribution in [2.75, 3.05) is 47.0 Å². The molecule has 0 bridgehead atoms. The lowest BCUT2D eigenvalue weighted by molar-refractivity contribution is -0.136. The number of hydrogen-bond acceptors (Lipinski definition) is 12. The highest BCUT2D eigenvalue weighted by molar-refractivity contribution is 7.19. The first-order valence-corrected chi connectivity index (χ1v) is 21.8. The van der Waals surface area contributed by atoms with Crippen LogP contribution >= 0.6 is 11.3 Å². The Hall–Kier alpha value is -6.07. The molecule has 4 aromatic rings. The van der Waals surface area contributed by atoms with Gasteiger partial charge in [-0.3, -0.25) is 48.7 Å². The highest BCUT2D eigenvalue weighted by Gasteiger charge is 2.46. The first-order chi connectivity index (χ1) is 29.9. The zero-order valence-electron chi connectivity index (χ0n) is 35.5. The number of amides is 6. The van der Waals surface area contributed by atoms with Gasteiger partial charge < -0.3 is 29.0 Å². The molecule has 62 heavy (non-hydrogen) atoms. The monoisotopic (exact) mass is 868 g/mol. The molecular formula is C45H52N6O10S. The van der Waals surface area contributed by atoms with Crippen LogP contribution in [0.5, 0.6) is 17.2 Å². The van der Waals surface area contributed by atoms with Gasteiger partial charge in [0.15, 0.2) is 0 Å². The van der Waals surface area contributed by atoms with E-state index in [9.17, 15) is 33.6 Å². The third kappa shape index (κ3) is 9.23. The molecule has 8 rings (SSSR count). The van der Waals surface area contributed by atoms with Crippen molar-refractivity contribution in [1.82, 2.24) is 29.9 Å². The van der Waals surface area contributed by atoms with E-state index in [4.69, 9.17) is 14.2 Å². The number of nitrogens with zero attached hydrogens (tertiary/aromatic N) is 4. The number of likely N-dealkylation sites (tertiary alicyclic amines) is 2. The van der Waals surface area contributed by atoms with Crippen LogP contribution in [-0.2, 0) is 32.8 Å². The van der Waals surface area contributed by atoms with Crippen molar-refractivity contribution in [1.29, 1.82) is 0 Å². The Bertz CT molecular complexity index is 2430. The molecule has 0 radical (unpaired) electrons. The average Bonchev–Trinajstić information content (AvgIpc) is 3.77. The van der Waals surface area contributed by atoms with Crippen molar-refractivity contribution in [2.45, 2.75) is 76.9 Å². The quantitative estimate of drug-likeness (QED) is 0.105. The van der Waals surface area contributed by atoms with Gasteiger partial charge in [0.1, 0.15) is 23.3 Å². The summed E-state index contributed by atoms with van der Waals surface area (Å²) in [7, 11) is 5.19. The van der Waals surface area contributed by atoms with Crippen LogP contribution < -0.4 is 30.4 Å². The third-order valence-corrected chi connectivity index (χ3v) is 12.9. The standard InChI is InChI=1S/C24H28N4O7.C21H24N2O3S/c29-14-25-15-9-11-27(12-10-15)20(31)6-1-2-13-35-18-5-3-4-16-21(18)24(34)28(23(16)33)17-7-8-19(30)26-22(17)32;1-13-8-15-20(27-13)16(11-22(2)21(15)24)14-9-18(25-3)17(19(10-14)26-4)12-23-6-5-7-23/h3-5,14-15,17H,1-2,6-13H2,(H,25,29)(H,26,30,32);8-11H,5-7,12H2,1-4H3. The van der Waals surface area contributed by atoms with Crippen molar-refractivity contribution in [3.63, 3.8) is 0 Å². The van der Waals surface area contributed by atoms with E-state index in [1.54, 1.807) is 49.3 Å². The number of carbonyl (C=O) groups excluding carboxylic acids is 6. The highest BCUT2D eigenvalue weighted by atomic mass is 32.1. The first-order valence-electron chi connectivity index (χ1n) is 20.9. The van der Waals surface area contributed by atoms with Crippen LogP contribution in [0.3, 0.4) is 0 Å². The second-order valence-corrected chi connectivity index (χ2v) is 17.2. The molecule has 0 saturated carbocycles. The number of unbranched alkanes of at least 4 members (excludes halogenated alkanes) is 1. The number of benzene rings is 2. The predicted molar refractivity (Wildman–Crippen MR) is 231 cm³/mol. The lowest BCUT2D eigenvalue weighted by atomic mass is 10.0. The van der Waals surface area contributed by atoms with Crippen molar-refractivity contribution in [2.24, 2.45) is 7.05 Å². The van der Waals surface area contributed by atoms with E-state index in [0.717, 1.165) is 80.5 Å². The number of aromatic nitrogens is 1. The predicted octanol–water partition coefficient (Wildman–Crippen LogP) is 4.17. The normalized spacial score (nSPS) is 17.8. The summed E-state index contributed by atoms with van der Waals surface area (Å²) in [6.45, 7) is 6.59. The maximum atomic E-state index is 13.1. The van der Waals surface area contributed by atoms with Crippen LogP contribution in [0.2, 0.25) is 0 Å². The van der Waals surface area contributed by atoms with Gasteiger partial charge in [0.25, 0.3) is 17.4 Å². The smallest absolute Gasteiger partial charge is 0.266 e. The third-order valence-electron chi connectivity index (χ3n) is 11.8. The van der Waals surface area contributed by atoms with Crippen LogP contribution in [0.25, 0.3) is 21.2 Å². The Morgan fingerprint density at radius 3 is 2.29 bits per heavy atom. The number of nitrogens with one attached hydrogen (secondary N) is 2. The minimum Gasteiger partial charge on any atom is -0.496 e. The molecule has 6 amide bonds. The number of pyridine rings is 1. The molecule has 17 heteroatoms. The Morgan fingerprint density at radius 2 is 1.65 bits per heavy atom. The van der Waals surface area contributed by atoms with Crippen LogP contribution in [0.4, 0.5) is 0 Å². The van der Waals surface area contributed by atoms with E-state index in [1.165, 1.54) is 12.5 Å². The largest absolute Gasteiger partial charge is 0.496 e. The van der Waals surface area contributed by atoms with E-state index >= 15 is 0 Å². The molecule has 0 aliphatic carbocycles. The van der Waals surface area contributed by atoms with Crippen LogP contribution in [0, 0.1) is 6.92 Å². The number of hydrogen-bond donors (Lipinski definition) is 2. The number of imide groups is 2. The summed E-state index contributed by atoms with van der Waals surface area (Å²) in [6.07, 6.45) is 7.05. The van der Waals surface area contributed by atoms with Gasteiger partial charge in [-0.25, -0.2) is 0 Å². The van der Waals surface area contributed by atoms with Crippen molar-refractivity contribution >= 4 is 57.4 Å². The van der Waals surface area contributed by atoms with Gasteiger partial charge in [-0.2, -0.15) is 0 Å². The molecule has 3 saturated heterocycles. The second-order valence-electron chi connectivity index (χ2n) is 15.9. The molecule has 0 spiro atoms. The number of ether oxygens (including phenoxy) is 3. The number of rotatable bonds is 14. The molecule has 4 aliphatic rings. The van der Waals surface area contributed by atoms with Gasteiger partial charge in [0, 0.05) is 66.9 Å². The van der Waals surface area contributed by atoms with Gasteiger partial charge in [0.2, 0.25) is 24.1 Å². The van der Waals surface area contributed by atoms with Crippen LogP contribution in [0.15, 0.2) is 47.4 Å². The zero-order valence-corrected chi connectivity index (χ0v) is 36.3. The lowest BCUT2D eigenvalue weighted by Crippen LogP contribution is -2.54. The molecule has 1 unspecified atom stereocenters. The molecule has 1 atom stereocenters. The molecule has 3 fully saturated rings. The number of thiophene rings is 1. The van der Waals surface area contributed by atoms with Gasteiger partial charge >= 0.3 is 0 Å². The number of piperidine rings is 2. The Kier molecular flexibility index (Phi) is 13.7. The summed E-state index contributed by atoms with van der Waals surface area (Å²) >= 11 is 1.65. The molecule has 2 aromatic heterocycles. The minimum absolute atomic E-state index is 0.0337. The van der Waals surface area contributed by atoms with Crippen molar-refractivity contribution < 1.29 is 43.0 Å². The Balaban J connectivity index is 0.000000192. The number of fused-ring (bicyclic) bond motifs is 2. The minimum atomic E-state index is -1.03. The molecule has 6 heterocycles. The molecule has 2 N–H and O–H groups in total. The summed E-state index contributed by atoms with van der Waals surface area (Å²) < 4.78 is 19.9. The van der Waals surface area contributed by atoms with Crippen molar-refractivity contribution in [3.05, 3.63) is 74.5 Å². The highest BCUT2D eigenvalue weighted by Crippen LogP contribution is 2.40. The van der Waals surface area contributed by atoms with Crippen LogP contribution in [-0.4, -0.2) is 114 Å². The number of methoxy groups -OCH3 is 2. The van der Waals surface area contributed by atoms with Crippen molar-refractivity contribution in [3.8, 4) is 28.4 Å². The topological polar surface area (TPSA) is 186 Å². The Morgan fingerprint density at radius 1 is 0.919 bits per heavy atom. The summed E-state index contributed by atoms with van der Waals surface area (Å²) in [4.78, 5) is 91.3. The second kappa shape index (κ2) is 19.3. The average molecular weight is 869 g/mol. The van der Waals surface area contributed by atoms with Gasteiger partial charge in [-0.05, 0) is 94.4 Å². The fourth-order valence-corrected chi connectivity index (χ4v) is 9.39. The van der Waals surface area contributed by atoms with E-state index < -0.39 is 29.7 Å². The Labute approximate surface area is 363 Å². The molecule has 4 aliphatic heterocycles. The van der Waals surface area contributed by atoms with Gasteiger partial charge in [-0.1, -0.05) is 6.07 Å². The van der Waals surface area contributed by atoms with E-state index in [0.29, 0.717) is 38.8 Å². The van der Waals surface area contributed by atoms with E-state index in [2.05, 4.69) is 27.7 Å². The number of carbonyl (C=O) groups is 6. The van der Waals surface area contributed by atoms with Crippen LogP contribution in [0.1, 0.15) is 82.5 Å². The molecule has 328 valence electrons. The maximum Gasteiger partial charge on any atom is 0.266 e. The van der Waals surface area contributed by atoms with Gasteiger partial charge in [0.05, 0.1) is 42.9 Å². The fourth-order valence-electron chi connectivity index (χ4n) is 8.35. The summed E-state index contributed by atoms with van der Waals surface area (Å²) in [5, 5.41) is 5.69. The molecule has 2 aromatic carbocycles. The fraction of sp³-hybridized carbons (Fsp3) is 0.444. The molecule has 16 nitrogen and oxygen atoms in total. The summed E-state index contributed by atoms with van der Waals surface area (Å²) in [5.74, 6) is -0.308. The number of aryl methyl sites for hydroxylation is 2. The first kappa shape index (κ1) is 44.0. The maximum absolute atomic E-state index is 13.1. The lowest BCUT2D eigenvalue weighted by Gasteiger charge is -2.31.